The molecule has 0 saturated heterocycles. The molecule has 0 amide bonds. The van der Waals surface area contributed by atoms with Crippen LogP contribution in [0.25, 0.3) is 0 Å². The highest BCUT2D eigenvalue weighted by Crippen LogP contribution is 2.26. The van der Waals surface area contributed by atoms with Gasteiger partial charge in [-0.2, -0.15) is 5.26 Å². The van der Waals surface area contributed by atoms with E-state index in [9.17, 15) is 4.39 Å². The molecule has 2 nitrogen and oxygen atoms in total. The summed E-state index contributed by atoms with van der Waals surface area (Å²) in [5.74, 6) is 0.497. The fraction of sp³-hybridized carbons (Fsp3) is 0.562. The lowest BCUT2D eigenvalue weighted by Gasteiger charge is -2.28. The Morgan fingerprint density at radius 2 is 2.05 bits per heavy atom. The van der Waals surface area contributed by atoms with Crippen LogP contribution in [0.15, 0.2) is 18.2 Å². The van der Waals surface area contributed by atoms with Crippen molar-refractivity contribution in [3.63, 3.8) is 0 Å². The molecule has 2 rings (SSSR count). The van der Waals surface area contributed by atoms with Crippen LogP contribution < -0.4 is 5.32 Å². The molecule has 1 aliphatic carbocycles. The first-order chi connectivity index (χ1) is 9.24. The van der Waals surface area contributed by atoms with Crippen molar-refractivity contribution >= 4 is 0 Å². The molecule has 19 heavy (non-hydrogen) atoms. The third-order valence-corrected chi connectivity index (χ3v) is 4.20. The number of hydrogen-bond acceptors (Lipinski definition) is 2. The molecule has 0 aliphatic heterocycles. The van der Waals surface area contributed by atoms with Crippen molar-refractivity contribution in [3.8, 4) is 6.07 Å². The smallest absolute Gasteiger partial charge is 0.145 e. The van der Waals surface area contributed by atoms with Crippen molar-refractivity contribution in [1.29, 1.82) is 5.26 Å². The Morgan fingerprint density at radius 3 is 2.68 bits per heavy atom. The first kappa shape index (κ1) is 14.0. The van der Waals surface area contributed by atoms with Crippen molar-refractivity contribution in [2.45, 2.75) is 51.6 Å². The molecule has 1 aromatic rings. The molecule has 3 heteroatoms. The number of nitrogens with zero attached hydrogens (tertiary/aromatic N) is 1. The van der Waals surface area contributed by atoms with Crippen LogP contribution in [-0.2, 0) is 6.54 Å². The van der Waals surface area contributed by atoms with Crippen LogP contribution in [-0.4, -0.2) is 6.04 Å². The molecular weight excluding hydrogens is 239 g/mol. The van der Waals surface area contributed by atoms with Gasteiger partial charge >= 0.3 is 0 Å². The third kappa shape index (κ3) is 3.54. The molecule has 0 bridgehead atoms. The van der Waals surface area contributed by atoms with Crippen LogP contribution in [0.1, 0.15) is 50.2 Å². The molecule has 1 N–H and O–H groups in total. The second-order valence-electron chi connectivity index (χ2n) is 5.40. The molecule has 0 unspecified atom stereocenters. The normalized spacial score (nSPS) is 23.0. The molecule has 0 aromatic heterocycles. The van der Waals surface area contributed by atoms with Gasteiger partial charge in [-0.3, -0.25) is 0 Å². The Kier molecular flexibility index (Phi) is 4.93. The van der Waals surface area contributed by atoms with Crippen LogP contribution >= 0.6 is 0 Å². The van der Waals surface area contributed by atoms with E-state index in [1.807, 2.05) is 6.07 Å². The van der Waals surface area contributed by atoms with Gasteiger partial charge in [-0.1, -0.05) is 25.5 Å². The standard InChI is InChI=1S/C16H21FN2/c1-2-12-6-8-15(9-7-12)19-11-14-5-3-4-13(10-18)16(14)17/h3-5,12,15,19H,2,6-9,11H2,1H3. The first-order valence-electron chi connectivity index (χ1n) is 7.15. The Labute approximate surface area is 114 Å². The number of nitrogens with one attached hydrogen (secondary N) is 1. The average Bonchev–Trinajstić information content (AvgIpc) is 2.47. The van der Waals surface area contributed by atoms with Gasteiger partial charge < -0.3 is 5.32 Å². The topological polar surface area (TPSA) is 35.8 Å². The molecule has 1 fully saturated rings. The second-order valence-corrected chi connectivity index (χ2v) is 5.40. The summed E-state index contributed by atoms with van der Waals surface area (Å²) in [5, 5.41) is 12.2. The molecule has 1 aromatic carbocycles. The highest BCUT2D eigenvalue weighted by atomic mass is 19.1. The summed E-state index contributed by atoms with van der Waals surface area (Å²) in [5.41, 5.74) is 0.727. The van der Waals surface area contributed by atoms with Crippen LogP contribution in [0.2, 0.25) is 0 Å². The summed E-state index contributed by atoms with van der Waals surface area (Å²) < 4.78 is 13.9. The van der Waals surface area contributed by atoms with Gasteiger partial charge in [0.15, 0.2) is 0 Å². The van der Waals surface area contributed by atoms with Gasteiger partial charge in [-0.05, 0) is 37.7 Å². The quantitative estimate of drug-likeness (QED) is 0.894. The van der Waals surface area contributed by atoms with Crippen LogP contribution in [0.4, 0.5) is 4.39 Å². The van der Waals surface area contributed by atoms with E-state index in [-0.39, 0.29) is 11.4 Å². The maximum absolute atomic E-state index is 13.9. The van der Waals surface area contributed by atoms with Crippen molar-refractivity contribution < 1.29 is 4.39 Å². The Morgan fingerprint density at radius 1 is 1.32 bits per heavy atom. The largest absolute Gasteiger partial charge is 0.310 e. The zero-order chi connectivity index (χ0) is 13.7. The van der Waals surface area contributed by atoms with Gasteiger partial charge in [-0.15, -0.1) is 0 Å². The summed E-state index contributed by atoms with van der Waals surface area (Å²) in [6.07, 6.45) is 6.17. The van der Waals surface area contributed by atoms with Gasteiger partial charge in [0.05, 0.1) is 5.56 Å². The van der Waals surface area contributed by atoms with E-state index in [1.54, 1.807) is 12.1 Å². The minimum atomic E-state index is -0.375. The Balaban J connectivity index is 1.88. The number of halogens is 1. The Bertz CT molecular complexity index is 456. The zero-order valence-electron chi connectivity index (χ0n) is 11.5. The average molecular weight is 260 g/mol. The summed E-state index contributed by atoms with van der Waals surface area (Å²) in [6.45, 7) is 2.77. The monoisotopic (exact) mass is 260 g/mol. The summed E-state index contributed by atoms with van der Waals surface area (Å²) >= 11 is 0. The summed E-state index contributed by atoms with van der Waals surface area (Å²) in [6, 6.07) is 7.39. The fourth-order valence-corrected chi connectivity index (χ4v) is 2.83. The molecule has 102 valence electrons. The molecule has 1 saturated carbocycles. The maximum Gasteiger partial charge on any atom is 0.145 e. The molecule has 0 heterocycles. The minimum absolute atomic E-state index is 0.133. The van der Waals surface area contributed by atoms with E-state index in [4.69, 9.17) is 5.26 Å². The lowest BCUT2D eigenvalue weighted by Crippen LogP contribution is -2.32. The second kappa shape index (κ2) is 6.68. The number of benzene rings is 1. The van der Waals surface area contributed by atoms with Crippen molar-refractivity contribution in [1.82, 2.24) is 5.32 Å². The van der Waals surface area contributed by atoms with E-state index in [1.165, 1.54) is 38.2 Å². The van der Waals surface area contributed by atoms with Crippen molar-refractivity contribution in [2.75, 3.05) is 0 Å². The van der Waals surface area contributed by atoms with Gasteiger partial charge in [-0.25, -0.2) is 4.39 Å². The maximum atomic E-state index is 13.9. The lowest BCUT2D eigenvalue weighted by atomic mass is 9.84. The molecular formula is C16H21FN2. The highest BCUT2D eigenvalue weighted by molar-refractivity contribution is 5.34. The van der Waals surface area contributed by atoms with Gasteiger partial charge in [0.1, 0.15) is 11.9 Å². The Hall–Kier alpha value is -1.40. The van der Waals surface area contributed by atoms with E-state index in [0.717, 1.165) is 5.92 Å². The molecule has 0 radical (unpaired) electrons. The van der Waals surface area contributed by atoms with Crippen LogP contribution in [0.5, 0.6) is 0 Å². The van der Waals surface area contributed by atoms with Gasteiger partial charge in [0.25, 0.3) is 0 Å². The molecule has 0 atom stereocenters. The minimum Gasteiger partial charge on any atom is -0.310 e. The molecule has 0 spiro atoms. The van der Waals surface area contributed by atoms with Crippen LogP contribution in [0.3, 0.4) is 0 Å². The zero-order valence-corrected chi connectivity index (χ0v) is 11.5. The van der Waals surface area contributed by atoms with E-state index in [2.05, 4.69) is 12.2 Å². The van der Waals surface area contributed by atoms with Gasteiger partial charge in [0.2, 0.25) is 0 Å². The summed E-state index contributed by atoms with van der Waals surface area (Å²) in [7, 11) is 0. The van der Waals surface area contributed by atoms with Crippen LogP contribution in [0, 0.1) is 23.1 Å². The third-order valence-electron chi connectivity index (χ3n) is 4.20. The van der Waals surface area contributed by atoms with Gasteiger partial charge in [0, 0.05) is 18.2 Å². The first-order valence-corrected chi connectivity index (χ1v) is 7.15. The predicted molar refractivity (Wildman–Crippen MR) is 74.0 cm³/mol. The van der Waals surface area contributed by atoms with E-state index in [0.29, 0.717) is 18.2 Å². The number of rotatable bonds is 4. The predicted octanol–water partition coefficient (Wildman–Crippen LogP) is 3.76. The number of hydrogen-bond donors (Lipinski definition) is 1. The number of nitriles is 1. The summed E-state index contributed by atoms with van der Waals surface area (Å²) in [4.78, 5) is 0. The fourth-order valence-electron chi connectivity index (χ4n) is 2.83. The van der Waals surface area contributed by atoms with E-state index < -0.39 is 0 Å². The SMILES string of the molecule is CCC1CCC(NCc2cccc(C#N)c2F)CC1. The van der Waals surface area contributed by atoms with Crippen molar-refractivity contribution in [2.24, 2.45) is 5.92 Å². The lowest BCUT2D eigenvalue weighted by molar-refractivity contribution is 0.284. The van der Waals surface area contributed by atoms with Crippen molar-refractivity contribution in [3.05, 3.63) is 35.1 Å². The molecule has 1 aliphatic rings. The highest BCUT2D eigenvalue weighted by Gasteiger charge is 2.19. The van der Waals surface area contributed by atoms with E-state index >= 15 is 0 Å².